The smallest absolute Gasteiger partial charge is 0.226 e. The number of carbonyl (C=O) groups excluding carboxylic acids is 1. The van der Waals surface area contributed by atoms with Crippen LogP contribution in [0.3, 0.4) is 0 Å². The molecule has 1 unspecified atom stereocenters. The zero-order chi connectivity index (χ0) is 18.5. The van der Waals surface area contributed by atoms with E-state index in [1.165, 1.54) is 23.5 Å². The number of thiazole rings is 1. The first-order chi connectivity index (χ1) is 13.1. The fourth-order valence-electron chi connectivity index (χ4n) is 3.62. The van der Waals surface area contributed by atoms with Crippen molar-refractivity contribution in [2.24, 2.45) is 0 Å². The van der Waals surface area contributed by atoms with Crippen molar-refractivity contribution in [3.8, 4) is 5.13 Å². The van der Waals surface area contributed by atoms with Gasteiger partial charge in [0.25, 0.3) is 0 Å². The third-order valence-corrected chi connectivity index (χ3v) is 5.85. The van der Waals surface area contributed by atoms with E-state index in [0.717, 1.165) is 27.0 Å². The standard InChI is InChI=1S/C20H15FN4OS/c1-11-18-14(12-6-8-13(21)9-7-12)10-17(26)23-19(18)25(24-11)20-22-15-4-2-3-5-16(15)27-20/h2-9,14H,10H2,1H3,(H,23,26). The number of aryl methyl sites for hydroxylation is 1. The van der Waals surface area contributed by atoms with Crippen molar-refractivity contribution in [1.82, 2.24) is 14.8 Å². The van der Waals surface area contributed by atoms with Crippen molar-refractivity contribution >= 4 is 33.3 Å². The van der Waals surface area contributed by atoms with E-state index in [4.69, 9.17) is 0 Å². The molecule has 2 aromatic heterocycles. The van der Waals surface area contributed by atoms with Crippen LogP contribution in [0.1, 0.15) is 29.2 Å². The molecule has 0 spiro atoms. The lowest BCUT2D eigenvalue weighted by Crippen LogP contribution is -2.24. The Balaban J connectivity index is 1.67. The van der Waals surface area contributed by atoms with E-state index < -0.39 is 0 Å². The first kappa shape index (κ1) is 16.1. The molecule has 0 saturated carbocycles. The number of aromatic nitrogens is 3. The molecule has 5 rings (SSSR count). The highest BCUT2D eigenvalue weighted by Crippen LogP contribution is 2.41. The Morgan fingerprint density at radius 2 is 1.96 bits per heavy atom. The Morgan fingerprint density at radius 1 is 1.19 bits per heavy atom. The van der Waals surface area contributed by atoms with Crippen LogP contribution in [0.4, 0.5) is 10.2 Å². The largest absolute Gasteiger partial charge is 0.310 e. The summed E-state index contributed by atoms with van der Waals surface area (Å²) in [4.78, 5) is 17.1. The topological polar surface area (TPSA) is 59.8 Å². The molecule has 2 aromatic carbocycles. The number of halogens is 1. The number of benzene rings is 2. The van der Waals surface area contributed by atoms with Gasteiger partial charge in [-0.05, 0) is 36.8 Å². The number of hydrogen-bond donors (Lipinski definition) is 1. The summed E-state index contributed by atoms with van der Waals surface area (Å²) >= 11 is 1.53. The Hall–Kier alpha value is -3.06. The molecular formula is C20H15FN4OS. The van der Waals surface area contributed by atoms with Gasteiger partial charge in [0.05, 0.1) is 15.9 Å². The molecule has 0 saturated heterocycles. The van der Waals surface area contributed by atoms with Gasteiger partial charge in [0.15, 0.2) is 0 Å². The van der Waals surface area contributed by atoms with Gasteiger partial charge in [0.1, 0.15) is 11.6 Å². The Bertz CT molecular complexity index is 1150. The molecule has 5 nitrogen and oxygen atoms in total. The van der Waals surface area contributed by atoms with Crippen molar-refractivity contribution < 1.29 is 9.18 Å². The number of rotatable bonds is 2. The quantitative estimate of drug-likeness (QED) is 0.562. The molecular weight excluding hydrogens is 363 g/mol. The fraction of sp³-hybridized carbons (Fsp3) is 0.150. The maximum Gasteiger partial charge on any atom is 0.226 e. The highest BCUT2D eigenvalue weighted by Gasteiger charge is 2.33. The van der Waals surface area contributed by atoms with Crippen LogP contribution in [-0.4, -0.2) is 20.7 Å². The van der Waals surface area contributed by atoms with Crippen LogP contribution in [0.5, 0.6) is 0 Å². The van der Waals surface area contributed by atoms with Gasteiger partial charge in [0, 0.05) is 17.9 Å². The second kappa shape index (κ2) is 5.99. The molecule has 27 heavy (non-hydrogen) atoms. The predicted octanol–water partition coefficient (Wildman–Crippen LogP) is 4.40. The van der Waals surface area contributed by atoms with Gasteiger partial charge in [0.2, 0.25) is 11.0 Å². The molecule has 1 aliphatic heterocycles. The zero-order valence-corrected chi connectivity index (χ0v) is 15.3. The maximum absolute atomic E-state index is 13.3. The highest BCUT2D eigenvalue weighted by atomic mass is 32.1. The van der Waals surface area contributed by atoms with Gasteiger partial charge in [-0.2, -0.15) is 9.78 Å². The third kappa shape index (κ3) is 2.62. The number of anilines is 1. The summed E-state index contributed by atoms with van der Waals surface area (Å²) in [6.45, 7) is 1.93. The maximum atomic E-state index is 13.3. The number of para-hydroxylation sites is 1. The van der Waals surface area contributed by atoms with E-state index in [9.17, 15) is 9.18 Å². The van der Waals surface area contributed by atoms with Crippen LogP contribution in [0, 0.1) is 12.7 Å². The number of nitrogens with one attached hydrogen (secondary N) is 1. The second-order valence-electron chi connectivity index (χ2n) is 6.58. The normalized spacial score (nSPS) is 16.4. The van der Waals surface area contributed by atoms with Crippen molar-refractivity contribution in [2.45, 2.75) is 19.3 Å². The molecule has 4 aromatic rings. The number of nitrogens with zero attached hydrogens (tertiary/aromatic N) is 3. The number of fused-ring (bicyclic) bond motifs is 2. The highest BCUT2D eigenvalue weighted by molar-refractivity contribution is 7.20. The summed E-state index contributed by atoms with van der Waals surface area (Å²) in [5.41, 5.74) is 3.59. The van der Waals surface area contributed by atoms with E-state index in [1.807, 2.05) is 31.2 Å². The number of amides is 1. The molecule has 134 valence electrons. The molecule has 1 N–H and O–H groups in total. The van der Waals surface area contributed by atoms with Gasteiger partial charge < -0.3 is 5.32 Å². The zero-order valence-electron chi connectivity index (χ0n) is 14.4. The van der Waals surface area contributed by atoms with E-state index in [1.54, 1.807) is 16.8 Å². The van der Waals surface area contributed by atoms with Crippen LogP contribution in [-0.2, 0) is 4.79 Å². The van der Waals surface area contributed by atoms with Crippen molar-refractivity contribution in [3.63, 3.8) is 0 Å². The fourth-order valence-corrected chi connectivity index (χ4v) is 4.54. The van der Waals surface area contributed by atoms with E-state index >= 15 is 0 Å². The summed E-state index contributed by atoms with van der Waals surface area (Å²) in [6.07, 6.45) is 0.311. The minimum absolute atomic E-state index is 0.0842. The van der Waals surface area contributed by atoms with Crippen LogP contribution < -0.4 is 5.32 Å². The van der Waals surface area contributed by atoms with Crippen molar-refractivity contribution in [1.29, 1.82) is 0 Å². The summed E-state index contributed by atoms with van der Waals surface area (Å²) in [5.74, 6) is 0.120. The first-order valence-corrected chi connectivity index (χ1v) is 9.42. The molecule has 3 heterocycles. The Kier molecular flexibility index (Phi) is 3.58. The van der Waals surface area contributed by atoms with Crippen molar-refractivity contribution in [2.75, 3.05) is 5.32 Å². The summed E-state index contributed by atoms with van der Waals surface area (Å²) in [6, 6.07) is 14.2. The van der Waals surface area contributed by atoms with E-state index in [0.29, 0.717) is 17.4 Å². The minimum Gasteiger partial charge on any atom is -0.310 e. The summed E-state index contributed by atoms with van der Waals surface area (Å²) in [5, 5.41) is 8.33. The van der Waals surface area contributed by atoms with Gasteiger partial charge in [-0.1, -0.05) is 35.6 Å². The number of hydrogen-bond acceptors (Lipinski definition) is 4. The SMILES string of the molecule is Cc1nn(-c2nc3ccccc3s2)c2c1C(c1ccc(F)cc1)CC(=O)N2. The van der Waals surface area contributed by atoms with Crippen LogP contribution in [0.2, 0.25) is 0 Å². The van der Waals surface area contributed by atoms with E-state index in [2.05, 4.69) is 15.4 Å². The summed E-state index contributed by atoms with van der Waals surface area (Å²) < 4.78 is 16.1. The lowest BCUT2D eigenvalue weighted by Gasteiger charge is -2.24. The van der Waals surface area contributed by atoms with Crippen LogP contribution in [0.25, 0.3) is 15.3 Å². The molecule has 0 radical (unpaired) electrons. The second-order valence-corrected chi connectivity index (χ2v) is 7.59. The lowest BCUT2D eigenvalue weighted by molar-refractivity contribution is -0.116. The molecule has 0 fully saturated rings. The molecule has 0 aliphatic carbocycles. The van der Waals surface area contributed by atoms with Crippen molar-refractivity contribution in [3.05, 3.63) is 71.2 Å². The van der Waals surface area contributed by atoms with Gasteiger partial charge in [-0.15, -0.1) is 0 Å². The molecule has 0 bridgehead atoms. The average molecular weight is 378 g/mol. The number of carbonyl (C=O) groups is 1. The molecule has 1 atom stereocenters. The van der Waals surface area contributed by atoms with Gasteiger partial charge in [-0.3, -0.25) is 4.79 Å². The average Bonchev–Trinajstić information content (AvgIpc) is 3.23. The lowest BCUT2D eigenvalue weighted by atomic mass is 9.86. The van der Waals surface area contributed by atoms with E-state index in [-0.39, 0.29) is 17.6 Å². The van der Waals surface area contributed by atoms with Gasteiger partial charge in [-0.25, -0.2) is 9.37 Å². The van der Waals surface area contributed by atoms with Gasteiger partial charge >= 0.3 is 0 Å². The first-order valence-electron chi connectivity index (χ1n) is 8.61. The third-order valence-electron chi connectivity index (χ3n) is 4.84. The predicted molar refractivity (Wildman–Crippen MR) is 103 cm³/mol. The van der Waals surface area contributed by atoms with Crippen LogP contribution >= 0.6 is 11.3 Å². The van der Waals surface area contributed by atoms with Crippen LogP contribution in [0.15, 0.2) is 48.5 Å². The monoisotopic (exact) mass is 378 g/mol. The Labute approximate surface area is 158 Å². The summed E-state index contributed by atoms with van der Waals surface area (Å²) in [7, 11) is 0. The molecule has 1 amide bonds. The minimum atomic E-state index is -0.291. The molecule has 7 heteroatoms. The molecule has 1 aliphatic rings. The Morgan fingerprint density at radius 3 is 2.74 bits per heavy atom.